The standard InChI is InChI=1S/C14H20O2/c1-6-12(15)10-7-8-13(16-5)11(9-10)14(2,3)4/h7-9H,6H2,1-5H3. The fraction of sp³-hybridized carbons (Fsp3) is 0.500. The van der Waals surface area contributed by atoms with Crippen LogP contribution in [-0.4, -0.2) is 12.9 Å². The van der Waals surface area contributed by atoms with Gasteiger partial charge in [0.15, 0.2) is 5.78 Å². The van der Waals surface area contributed by atoms with Gasteiger partial charge in [0, 0.05) is 17.5 Å². The van der Waals surface area contributed by atoms with E-state index in [2.05, 4.69) is 20.8 Å². The highest BCUT2D eigenvalue weighted by molar-refractivity contribution is 5.96. The summed E-state index contributed by atoms with van der Waals surface area (Å²) in [6.07, 6.45) is 0.538. The van der Waals surface area contributed by atoms with Crippen molar-refractivity contribution in [2.24, 2.45) is 0 Å². The van der Waals surface area contributed by atoms with E-state index in [1.165, 1.54) is 0 Å². The molecule has 0 fully saturated rings. The van der Waals surface area contributed by atoms with Crippen molar-refractivity contribution in [1.29, 1.82) is 0 Å². The van der Waals surface area contributed by atoms with Crippen LogP contribution >= 0.6 is 0 Å². The summed E-state index contributed by atoms with van der Waals surface area (Å²) in [5.74, 6) is 1.02. The number of ether oxygens (including phenoxy) is 1. The number of rotatable bonds is 3. The molecule has 0 atom stereocenters. The van der Waals surface area contributed by atoms with Crippen molar-refractivity contribution in [1.82, 2.24) is 0 Å². The van der Waals surface area contributed by atoms with Crippen LogP contribution in [0.3, 0.4) is 0 Å². The molecule has 1 aromatic carbocycles. The highest BCUT2D eigenvalue weighted by Gasteiger charge is 2.20. The molecule has 0 unspecified atom stereocenters. The predicted molar refractivity (Wildman–Crippen MR) is 66.3 cm³/mol. The Labute approximate surface area is 97.6 Å². The van der Waals surface area contributed by atoms with Crippen molar-refractivity contribution < 1.29 is 9.53 Å². The lowest BCUT2D eigenvalue weighted by Gasteiger charge is -2.22. The van der Waals surface area contributed by atoms with Crippen LogP contribution in [-0.2, 0) is 5.41 Å². The van der Waals surface area contributed by atoms with E-state index in [0.29, 0.717) is 6.42 Å². The first-order valence-corrected chi connectivity index (χ1v) is 5.62. The van der Waals surface area contributed by atoms with E-state index in [1.54, 1.807) is 7.11 Å². The third-order valence-electron chi connectivity index (χ3n) is 2.65. The first-order chi connectivity index (χ1) is 7.40. The van der Waals surface area contributed by atoms with Crippen molar-refractivity contribution >= 4 is 5.78 Å². The van der Waals surface area contributed by atoms with Crippen LogP contribution in [0.1, 0.15) is 50.0 Å². The Morgan fingerprint density at radius 2 is 1.94 bits per heavy atom. The van der Waals surface area contributed by atoms with Crippen molar-refractivity contribution in [2.45, 2.75) is 39.5 Å². The van der Waals surface area contributed by atoms with Crippen molar-refractivity contribution in [3.8, 4) is 5.75 Å². The number of Topliss-reactive ketones (excluding diaryl/α,β-unsaturated/α-hetero) is 1. The molecule has 88 valence electrons. The molecular weight excluding hydrogens is 200 g/mol. The number of hydrogen-bond acceptors (Lipinski definition) is 2. The maximum absolute atomic E-state index is 11.7. The molecule has 0 spiro atoms. The highest BCUT2D eigenvalue weighted by Crippen LogP contribution is 2.32. The smallest absolute Gasteiger partial charge is 0.162 e. The zero-order valence-corrected chi connectivity index (χ0v) is 10.8. The minimum atomic E-state index is -0.0185. The first kappa shape index (κ1) is 12.8. The van der Waals surface area contributed by atoms with Crippen LogP contribution in [0.4, 0.5) is 0 Å². The van der Waals surface area contributed by atoms with E-state index in [1.807, 2.05) is 25.1 Å². The fourth-order valence-electron chi connectivity index (χ4n) is 1.67. The van der Waals surface area contributed by atoms with Gasteiger partial charge in [-0.3, -0.25) is 4.79 Å². The third kappa shape index (κ3) is 2.63. The minimum Gasteiger partial charge on any atom is -0.496 e. The summed E-state index contributed by atoms with van der Waals surface area (Å²) in [7, 11) is 1.66. The molecule has 0 aromatic heterocycles. The minimum absolute atomic E-state index is 0.0185. The van der Waals surface area contributed by atoms with Crippen LogP contribution in [0.25, 0.3) is 0 Å². The molecule has 16 heavy (non-hydrogen) atoms. The molecule has 0 bridgehead atoms. The van der Waals surface area contributed by atoms with Gasteiger partial charge in [0.1, 0.15) is 5.75 Å². The largest absolute Gasteiger partial charge is 0.496 e. The van der Waals surface area contributed by atoms with Crippen LogP contribution in [0.2, 0.25) is 0 Å². The van der Waals surface area contributed by atoms with Gasteiger partial charge in [-0.15, -0.1) is 0 Å². The van der Waals surface area contributed by atoms with E-state index in [9.17, 15) is 4.79 Å². The molecule has 0 aliphatic heterocycles. The average Bonchev–Trinajstić information content (AvgIpc) is 2.26. The van der Waals surface area contributed by atoms with E-state index < -0.39 is 0 Å². The van der Waals surface area contributed by atoms with Gasteiger partial charge in [-0.05, 0) is 23.6 Å². The second-order valence-electron chi connectivity index (χ2n) is 4.94. The number of benzene rings is 1. The lowest BCUT2D eigenvalue weighted by Crippen LogP contribution is -2.14. The molecule has 2 nitrogen and oxygen atoms in total. The molecule has 0 heterocycles. The number of methoxy groups -OCH3 is 1. The Kier molecular flexibility index (Phi) is 3.74. The average molecular weight is 220 g/mol. The lowest BCUT2D eigenvalue weighted by molar-refractivity contribution is 0.0988. The molecule has 1 aromatic rings. The van der Waals surface area contributed by atoms with Gasteiger partial charge in [-0.1, -0.05) is 27.7 Å². The molecule has 0 aliphatic rings. The summed E-state index contributed by atoms with van der Waals surface area (Å²) < 4.78 is 5.33. The van der Waals surface area contributed by atoms with Gasteiger partial charge in [-0.2, -0.15) is 0 Å². The second kappa shape index (κ2) is 4.69. The van der Waals surface area contributed by atoms with E-state index >= 15 is 0 Å². The van der Waals surface area contributed by atoms with Crippen molar-refractivity contribution in [3.05, 3.63) is 29.3 Å². The maximum Gasteiger partial charge on any atom is 0.162 e. The number of ketones is 1. The Morgan fingerprint density at radius 1 is 1.31 bits per heavy atom. The van der Waals surface area contributed by atoms with E-state index in [-0.39, 0.29) is 11.2 Å². The Balaban J connectivity index is 3.27. The summed E-state index contributed by atoms with van der Waals surface area (Å²) in [5.41, 5.74) is 1.83. The highest BCUT2D eigenvalue weighted by atomic mass is 16.5. The zero-order valence-electron chi connectivity index (χ0n) is 10.8. The summed E-state index contributed by atoms with van der Waals surface area (Å²) >= 11 is 0. The molecule has 0 N–H and O–H groups in total. The van der Waals surface area contributed by atoms with Gasteiger partial charge in [-0.25, -0.2) is 0 Å². The topological polar surface area (TPSA) is 26.3 Å². The quantitative estimate of drug-likeness (QED) is 0.728. The molecule has 0 saturated carbocycles. The summed E-state index contributed by atoms with van der Waals surface area (Å²) in [6.45, 7) is 8.23. The lowest BCUT2D eigenvalue weighted by atomic mass is 9.85. The van der Waals surface area contributed by atoms with Gasteiger partial charge >= 0.3 is 0 Å². The van der Waals surface area contributed by atoms with Crippen LogP contribution < -0.4 is 4.74 Å². The van der Waals surface area contributed by atoms with Crippen LogP contribution in [0, 0.1) is 0 Å². The number of carbonyl (C=O) groups excluding carboxylic acids is 1. The molecule has 2 heteroatoms. The Bertz CT molecular complexity index is 386. The monoisotopic (exact) mass is 220 g/mol. The van der Waals surface area contributed by atoms with Crippen molar-refractivity contribution in [3.63, 3.8) is 0 Å². The first-order valence-electron chi connectivity index (χ1n) is 5.62. The SMILES string of the molecule is CCC(=O)c1ccc(OC)c(C(C)(C)C)c1. The van der Waals surface area contributed by atoms with Crippen molar-refractivity contribution in [2.75, 3.05) is 7.11 Å². The van der Waals surface area contributed by atoms with Gasteiger partial charge in [0.05, 0.1) is 7.11 Å². The number of carbonyl (C=O) groups is 1. The zero-order chi connectivity index (χ0) is 12.3. The van der Waals surface area contributed by atoms with Gasteiger partial charge < -0.3 is 4.74 Å². The molecule has 0 radical (unpaired) electrons. The maximum atomic E-state index is 11.7. The normalized spacial score (nSPS) is 11.3. The Morgan fingerprint density at radius 3 is 2.38 bits per heavy atom. The molecule has 0 amide bonds. The third-order valence-corrected chi connectivity index (χ3v) is 2.65. The molecular formula is C14H20O2. The van der Waals surface area contributed by atoms with E-state index in [4.69, 9.17) is 4.74 Å². The molecule has 0 aliphatic carbocycles. The Hall–Kier alpha value is -1.31. The summed E-state index contributed by atoms with van der Waals surface area (Å²) in [5, 5.41) is 0. The second-order valence-corrected chi connectivity index (χ2v) is 4.94. The summed E-state index contributed by atoms with van der Waals surface area (Å²) in [4.78, 5) is 11.7. The van der Waals surface area contributed by atoms with E-state index in [0.717, 1.165) is 16.9 Å². The molecule has 0 saturated heterocycles. The van der Waals surface area contributed by atoms with Gasteiger partial charge in [0.2, 0.25) is 0 Å². The van der Waals surface area contributed by atoms with Crippen LogP contribution in [0.15, 0.2) is 18.2 Å². The predicted octanol–water partition coefficient (Wildman–Crippen LogP) is 3.59. The van der Waals surface area contributed by atoms with Gasteiger partial charge in [0.25, 0.3) is 0 Å². The summed E-state index contributed by atoms with van der Waals surface area (Å²) in [6, 6.07) is 5.66. The fourth-order valence-corrected chi connectivity index (χ4v) is 1.67. The van der Waals surface area contributed by atoms with Crippen LogP contribution in [0.5, 0.6) is 5.75 Å². The molecule has 1 rings (SSSR count). The number of hydrogen-bond donors (Lipinski definition) is 0.